The SMILES string of the molecule is CCCOc1ccc(/C=C/C(=O)NC2CC2)cc1. The molecule has 3 nitrogen and oxygen atoms in total. The standard InChI is InChI=1S/C15H19NO2/c1-2-11-18-14-8-3-12(4-9-14)5-10-15(17)16-13-6-7-13/h3-5,8-10,13H,2,6-7,11H2,1H3,(H,16,17)/b10-5+. The Balaban J connectivity index is 1.84. The first kappa shape index (κ1) is 12.7. The van der Waals surface area contributed by atoms with Crippen molar-refractivity contribution in [2.24, 2.45) is 0 Å². The van der Waals surface area contributed by atoms with Crippen LogP contribution in [-0.2, 0) is 4.79 Å². The molecular weight excluding hydrogens is 226 g/mol. The molecule has 0 aliphatic heterocycles. The van der Waals surface area contributed by atoms with Crippen LogP contribution in [0.2, 0.25) is 0 Å². The number of hydrogen-bond acceptors (Lipinski definition) is 2. The van der Waals surface area contributed by atoms with Crippen molar-refractivity contribution in [3.63, 3.8) is 0 Å². The van der Waals surface area contributed by atoms with Crippen LogP contribution < -0.4 is 10.1 Å². The molecule has 0 unspecified atom stereocenters. The van der Waals surface area contributed by atoms with Crippen molar-refractivity contribution >= 4 is 12.0 Å². The van der Waals surface area contributed by atoms with Crippen molar-refractivity contribution in [3.05, 3.63) is 35.9 Å². The Morgan fingerprint density at radius 1 is 1.39 bits per heavy atom. The van der Waals surface area contributed by atoms with Crippen LogP contribution in [0.5, 0.6) is 5.75 Å². The third-order valence-corrected chi connectivity index (χ3v) is 2.70. The maximum absolute atomic E-state index is 11.5. The molecule has 0 aromatic heterocycles. The van der Waals surface area contributed by atoms with Crippen LogP contribution >= 0.6 is 0 Å². The molecule has 1 aromatic carbocycles. The maximum Gasteiger partial charge on any atom is 0.244 e. The molecule has 96 valence electrons. The molecule has 0 heterocycles. The smallest absolute Gasteiger partial charge is 0.244 e. The quantitative estimate of drug-likeness (QED) is 0.783. The molecule has 0 atom stereocenters. The van der Waals surface area contributed by atoms with Crippen LogP contribution in [0.15, 0.2) is 30.3 Å². The predicted molar refractivity (Wildman–Crippen MR) is 72.4 cm³/mol. The summed E-state index contributed by atoms with van der Waals surface area (Å²) in [6.45, 7) is 2.81. The summed E-state index contributed by atoms with van der Waals surface area (Å²) in [4.78, 5) is 11.5. The van der Waals surface area contributed by atoms with E-state index >= 15 is 0 Å². The lowest BCUT2D eigenvalue weighted by Crippen LogP contribution is -2.22. The van der Waals surface area contributed by atoms with Gasteiger partial charge in [-0.1, -0.05) is 19.1 Å². The lowest BCUT2D eigenvalue weighted by atomic mass is 10.2. The number of hydrogen-bond donors (Lipinski definition) is 1. The summed E-state index contributed by atoms with van der Waals surface area (Å²) in [5, 5.41) is 2.91. The summed E-state index contributed by atoms with van der Waals surface area (Å²) in [5.41, 5.74) is 1.00. The third kappa shape index (κ3) is 4.24. The molecule has 2 rings (SSSR count). The maximum atomic E-state index is 11.5. The van der Waals surface area contributed by atoms with Gasteiger partial charge in [-0.2, -0.15) is 0 Å². The zero-order valence-corrected chi connectivity index (χ0v) is 10.7. The fourth-order valence-electron chi connectivity index (χ4n) is 1.54. The number of nitrogens with one attached hydrogen (secondary N) is 1. The Hall–Kier alpha value is -1.77. The fraction of sp³-hybridized carbons (Fsp3) is 0.400. The number of carbonyl (C=O) groups is 1. The van der Waals surface area contributed by atoms with E-state index in [1.54, 1.807) is 6.08 Å². The molecule has 18 heavy (non-hydrogen) atoms. The van der Waals surface area contributed by atoms with Gasteiger partial charge in [0, 0.05) is 12.1 Å². The van der Waals surface area contributed by atoms with E-state index in [0.29, 0.717) is 6.04 Å². The van der Waals surface area contributed by atoms with Crippen molar-refractivity contribution in [1.82, 2.24) is 5.32 Å². The average Bonchev–Trinajstić information content (AvgIpc) is 3.19. The van der Waals surface area contributed by atoms with Crippen LogP contribution in [0, 0.1) is 0 Å². The first-order valence-corrected chi connectivity index (χ1v) is 6.49. The summed E-state index contributed by atoms with van der Waals surface area (Å²) in [5.74, 6) is 0.861. The van der Waals surface area contributed by atoms with E-state index in [4.69, 9.17) is 4.74 Å². The van der Waals surface area contributed by atoms with Crippen LogP contribution in [0.25, 0.3) is 6.08 Å². The summed E-state index contributed by atoms with van der Waals surface area (Å²) >= 11 is 0. The van der Waals surface area contributed by atoms with Crippen LogP contribution in [0.4, 0.5) is 0 Å². The topological polar surface area (TPSA) is 38.3 Å². The molecule has 0 spiro atoms. The minimum absolute atomic E-state index is 0.0104. The van der Waals surface area contributed by atoms with Crippen molar-refractivity contribution in [3.8, 4) is 5.75 Å². The number of ether oxygens (including phenoxy) is 1. The Labute approximate surface area is 108 Å². The molecule has 0 radical (unpaired) electrons. The molecule has 1 N–H and O–H groups in total. The highest BCUT2D eigenvalue weighted by Gasteiger charge is 2.21. The first-order chi connectivity index (χ1) is 8.78. The second-order valence-corrected chi connectivity index (χ2v) is 4.53. The summed E-state index contributed by atoms with van der Waals surface area (Å²) in [6.07, 6.45) is 6.64. The molecule has 1 saturated carbocycles. The van der Waals surface area contributed by atoms with E-state index in [2.05, 4.69) is 12.2 Å². The molecule has 0 bridgehead atoms. The Morgan fingerprint density at radius 3 is 2.72 bits per heavy atom. The molecular formula is C15H19NO2. The highest BCUT2D eigenvalue weighted by atomic mass is 16.5. The second-order valence-electron chi connectivity index (χ2n) is 4.53. The van der Waals surface area contributed by atoms with Gasteiger partial charge in [-0.25, -0.2) is 0 Å². The van der Waals surface area contributed by atoms with E-state index in [-0.39, 0.29) is 5.91 Å². The van der Waals surface area contributed by atoms with E-state index in [0.717, 1.165) is 37.2 Å². The fourth-order valence-corrected chi connectivity index (χ4v) is 1.54. The van der Waals surface area contributed by atoms with Gasteiger partial charge in [0.15, 0.2) is 0 Å². The number of benzene rings is 1. The number of carbonyl (C=O) groups excluding carboxylic acids is 1. The minimum Gasteiger partial charge on any atom is -0.494 e. The normalized spacial score (nSPS) is 14.7. The van der Waals surface area contributed by atoms with Gasteiger partial charge in [-0.3, -0.25) is 4.79 Å². The highest BCUT2D eigenvalue weighted by Crippen LogP contribution is 2.18. The largest absolute Gasteiger partial charge is 0.494 e. The summed E-state index contributed by atoms with van der Waals surface area (Å²) < 4.78 is 5.49. The molecule has 0 saturated heterocycles. The molecule has 1 aliphatic rings. The predicted octanol–water partition coefficient (Wildman–Crippen LogP) is 2.77. The minimum atomic E-state index is -0.0104. The lowest BCUT2D eigenvalue weighted by Gasteiger charge is -2.04. The lowest BCUT2D eigenvalue weighted by molar-refractivity contribution is -0.116. The molecule has 1 aromatic rings. The van der Waals surface area contributed by atoms with Crippen molar-refractivity contribution in [2.45, 2.75) is 32.2 Å². The Bertz CT molecular complexity index is 419. The van der Waals surface area contributed by atoms with E-state index < -0.39 is 0 Å². The van der Waals surface area contributed by atoms with Crippen molar-refractivity contribution in [1.29, 1.82) is 0 Å². The zero-order valence-electron chi connectivity index (χ0n) is 10.7. The van der Waals surface area contributed by atoms with Crippen LogP contribution in [0.1, 0.15) is 31.7 Å². The van der Waals surface area contributed by atoms with E-state index in [1.165, 1.54) is 0 Å². The highest BCUT2D eigenvalue weighted by molar-refractivity contribution is 5.92. The number of amides is 1. The van der Waals surface area contributed by atoms with Gasteiger partial charge < -0.3 is 10.1 Å². The van der Waals surface area contributed by atoms with Gasteiger partial charge in [0.05, 0.1) is 6.61 Å². The van der Waals surface area contributed by atoms with Crippen LogP contribution in [-0.4, -0.2) is 18.6 Å². The average molecular weight is 245 g/mol. The third-order valence-electron chi connectivity index (χ3n) is 2.70. The van der Waals surface area contributed by atoms with Crippen molar-refractivity contribution in [2.75, 3.05) is 6.61 Å². The van der Waals surface area contributed by atoms with Crippen molar-refractivity contribution < 1.29 is 9.53 Å². The van der Waals surface area contributed by atoms with Gasteiger partial charge in [-0.05, 0) is 43.0 Å². The molecule has 1 aliphatic carbocycles. The van der Waals surface area contributed by atoms with Gasteiger partial charge in [-0.15, -0.1) is 0 Å². The molecule has 3 heteroatoms. The number of rotatable bonds is 6. The monoisotopic (exact) mass is 245 g/mol. The van der Waals surface area contributed by atoms with Gasteiger partial charge in [0.2, 0.25) is 5.91 Å². The van der Waals surface area contributed by atoms with Crippen LogP contribution in [0.3, 0.4) is 0 Å². The van der Waals surface area contributed by atoms with E-state index in [9.17, 15) is 4.79 Å². The Morgan fingerprint density at radius 2 is 2.11 bits per heavy atom. The molecule has 1 amide bonds. The van der Waals surface area contributed by atoms with Gasteiger partial charge >= 0.3 is 0 Å². The zero-order chi connectivity index (χ0) is 12.8. The molecule has 1 fully saturated rings. The van der Waals surface area contributed by atoms with Gasteiger partial charge in [0.25, 0.3) is 0 Å². The summed E-state index contributed by atoms with van der Waals surface area (Å²) in [7, 11) is 0. The van der Waals surface area contributed by atoms with E-state index in [1.807, 2.05) is 30.3 Å². The first-order valence-electron chi connectivity index (χ1n) is 6.49. The van der Waals surface area contributed by atoms with Gasteiger partial charge in [0.1, 0.15) is 5.75 Å². The summed E-state index contributed by atoms with van der Waals surface area (Å²) in [6, 6.07) is 8.16. The Kier molecular flexibility index (Phi) is 4.40. The second kappa shape index (κ2) is 6.24.